The summed E-state index contributed by atoms with van der Waals surface area (Å²) < 4.78 is 6.12. The average molecular weight is 304 g/mol. The van der Waals surface area contributed by atoms with E-state index in [1.165, 1.54) is 5.56 Å². The molecule has 2 nitrogen and oxygen atoms in total. The molecular weight excluding hydrogens is 282 g/mol. The van der Waals surface area contributed by atoms with Crippen LogP contribution in [0.1, 0.15) is 31.9 Å². The van der Waals surface area contributed by atoms with E-state index in [1.54, 1.807) is 0 Å². The first kappa shape index (κ1) is 15.9. The predicted octanol–water partition coefficient (Wildman–Crippen LogP) is 5.19. The van der Waals surface area contributed by atoms with Crippen molar-refractivity contribution in [2.75, 3.05) is 0 Å². The van der Waals surface area contributed by atoms with Crippen LogP contribution in [0.15, 0.2) is 42.5 Å². The molecule has 2 aromatic rings. The molecule has 0 spiro atoms. The van der Waals surface area contributed by atoms with Crippen LogP contribution in [0.2, 0.25) is 5.02 Å². The van der Waals surface area contributed by atoms with E-state index in [0.717, 1.165) is 30.0 Å². The predicted molar refractivity (Wildman–Crippen MR) is 89.3 cm³/mol. The molecule has 0 saturated carbocycles. The summed E-state index contributed by atoms with van der Waals surface area (Å²) in [6.07, 6.45) is 0.941. The minimum absolute atomic E-state index is 0.427. The molecule has 112 valence electrons. The molecule has 3 heteroatoms. The molecule has 0 aliphatic rings. The Balaban J connectivity index is 2.27. The van der Waals surface area contributed by atoms with Crippen molar-refractivity contribution in [3.8, 4) is 11.5 Å². The zero-order valence-corrected chi connectivity index (χ0v) is 13.6. The fourth-order valence-electron chi connectivity index (χ4n) is 2.10. The first-order valence-corrected chi connectivity index (χ1v) is 7.75. The molecule has 1 N–H and O–H groups in total. The normalized spacial score (nSPS) is 10.9. The maximum absolute atomic E-state index is 6.12. The summed E-state index contributed by atoms with van der Waals surface area (Å²) in [4.78, 5) is 0. The quantitative estimate of drug-likeness (QED) is 0.792. The Morgan fingerprint density at radius 2 is 1.81 bits per heavy atom. The largest absolute Gasteiger partial charge is 0.457 e. The Labute approximate surface area is 132 Å². The lowest BCUT2D eigenvalue weighted by Crippen LogP contribution is -2.22. The molecule has 2 aromatic carbocycles. The summed E-state index contributed by atoms with van der Waals surface area (Å²) in [5.41, 5.74) is 2.30. The van der Waals surface area contributed by atoms with Crippen LogP contribution in [-0.2, 0) is 13.0 Å². The van der Waals surface area contributed by atoms with E-state index in [4.69, 9.17) is 16.3 Å². The van der Waals surface area contributed by atoms with Crippen molar-refractivity contribution in [2.24, 2.45) is 0 Å². The van der Waals surface area contributed by atoms with E-state index >= 15 is 0 Å². The van der Waals surface area contributed by atoms with Gasteiger partial charge in [0.15, 0.2) is 0 Å². The lowest BCUT2D eigenvalue weighted by Gasteiger charge is -2.15. The topological polar surface area (TPSA) is 21.3 Å². The first-order chi connectivity index (χ1) is 10.1. The van der Waals surface area contributed by atoms with Crippen molar-refractivity contribution in [3.05, 3.63) is 58.6 Å². The lowest BCUT2D eigenvalue weighted by atomic mass is 10.1. The van der Waals surface area contributed by atoms with Gasteiger partial charge in [0, 0.05) is 23.2 Å². The van der Waals surface area contributed by atoms with Gasteiger partial charge >= 0.3 is 0 Å². The Bertz CT molecular complexity index is 596. The smallest absolute Gasteiger partial charge is 0.133 e. The van der Waals surface area contributed by atoms with Gasteiger partial charge in [-0.3, -0.25) is 0 Å². The highest BCUT2D eigenvalue weighted by Gasteiger charge is 2.09. The fourth-order valence-corrected chi connectivity index (χ4v) is 2.26. The van der Waals surface area contributed by atoms with Crippen molar-refractivity contribution in [1.82, 2.24) is 5.32 Å². The summed E-state index contributed by atoms with van der Waals surface area (Å²) >= 11 is 6.12. The number of hydrogen-bond acceptors (Lipinski definition) is 2. The van der Waals surface area contributed by atoms with Crippen LogP contribution >= 0.6 is 11.6 Å². The molecule has 0 fully saturated rings. The van der Waals surface area contributed by atoms with E-state index in [9.17, 15) is 0 Å². The molecule has 2 rings (SSSR count). The first-order valence-electron chi connectivity index (χ1n) is 7.37. The Morgan fingerprint density at radius 3 is 2.52 bits per heavy atom. The zero-order chi connectivity index (χ0) is 15.2. The van der Waals surface area contributed by atoms with Crippen LogP contribution in [-0.4, -0.2) is 6.04 Å². The van der Waals surface area contributed by atoms with Gasteiger partial charge in [0.2, 0.25) is 0 Å². The van der Waals surface area contributed by atoms with Gasteiger partial charge in [0.25, 0.3) is 0 Å². The second-order valence-electron chi connectivity index (χ2n) is 5.35. The van der Waals surface area contributed by atoms with Crippen LogP contribution in [0.3, 0.4) is 0 Å². The van der Waals surface area contributed by atoms with E-state index in [0.29, 0.717) is 11.1 Å². The lowest BCUT2D eigenvalue weighted by molar-refractivity contribution is 0.464. The minimum Gasteiger partial charge on any atom is -0.457 e. The van der Waals surface area contributed by atoms with Crippen LogP contribution in [0.4, 0.5) is 0 Å². The molecule has 0 aliphatic carbocycles. The Hall–Kier alpha value is -1.51. The number of ether oxygens (including phenoxy) is 1. The summed E-state index contributed by atoms with van der Waals surface area (Å²) in [5, 5.41) is 4.10. The number of aryl methyl sites for hydroxylation is 1. The van der Waals surface area contributed by atoms with E-state index in [-0.39, 0.29) is 0 Å². The van der Waals surface area contributed by atoms with Crippen LogP contribution in [0.25, 0.3) is 0 Å². The molecule has 0 heterocycles. The van der Waals surface area contributed by atoms with E-state index < -0.39 is 0 Å². The van der Waals surface area contributed by atoms with Crippen molar-refractivity contribution >= 4 is 11.6 Å². The third-order valence-corrected chi connectivity index (χ3v) is 3.54. The molecule has 0 atom stereocenters. The van der Waals surface area contributed by atoms with Gasteiger partial charge in [-0.1, -0.05) is 56.6 Å². The minimum atomic E-state index is 0.427. The molecule has 0 radical (unpaired) electrons. The number of hydrogen-bond donors (Lipinski definition) is 1. The molecule has 0 unspecified atom stereocenters. The molecule has 0 saturated heterocycles. The number of halogens is 1. The van der Waals surface area contributed by atoms with Gasteiger partial charge in [-0.2, -0.15) is 0 Å². The highest BCUT2D eigenvalue weighted by Crippen LogP contribution is 2.30. The third-order valence-electron chi connectivity index (χ3n) is 3.30. The van der Waals surface area contributed by atoms with Gasteiger partial charge < -0.3 is 10.1 Å². The summed E-state index contributed by atoms with van der Waals surface area (Å²) in [6.45, 7) is 7.14. The third kappa shape index (κ3) is 4.48. The molecule has 0 aliphatic heterocycles. The summed E-state index contributed by atoms with van der Waals surface area (Å²) in [5.74, 6) is 1.71. The maximum Gasteiger partial charge on any atom is 0.133 e. The Morgan fingerprint density at radius 1 is 1.05 bits per heavy atom. The van der Waals surface area contributed by atoms with E-state index in [1.807, 2.05) is 36.4 Å². The highest BCUT2D eigenvalue weighted by atomic mass is 35.5. The number of rotatable bonds is 6. The highest BCUT2D eigenvalue weighted by molar-refractivity contribution is 6.30. The number of nitrogens with one attached hydrogen (secondary N) is 1. The monoisotopic (exact) mass is 303 g/mol. The van der Waals surface area contributed by atoms with Crippen molar-refractivity contribution in [1.29, 1.82) is 0 Å². The Kier molecular flexibility index (Phi) is 5.66. The number of benzene rings is 2. The summed E-state index contributed by atoms with van der Waals surface area (Å²) in [6, 6.07) is 14.3. The average Bonchev–Trinajstić information content (AvgIpc) is 2.47. The molecular formula is C18H22ClNO. The van der Waals surface area contributed by atoms with Gasteiger partial charge in [0.1, 0.15) is 11.5 Å². The van der Waals surface area contributed by atoms with Gasteiger partial charge in [-0.15, -0.1) is 0 Å². The molecule has 21 heavy (non-hydrogen) atoms. The second-order valence-corrected chi connectivity index (χ2v) is 5.79. The van der Waals surface area contributed by atoms with Gasteiger partial charge in [-0.05, 0) is 30.2 Å². The SMILES string of the molecule is CCc1ccccc1Oc1cc(Cl)ccc1CNC(C)C. The second kappa shape index (κ2) is 7.48. The van der Waals surface area contributed by atoms with Crippen LogP contribution in [0, 0.1) is 0 Å². The van der Waals surface area contributed by atoms with Gasteiger partial charge in [0.05, 0.1) is 0 Å². The van der Waals surface area contributed by atoms with Gasteiger partial charge in [-0.25, -0.2) is 0 Å². The fraction of sp³-hybridized carbons (Fsp3) is 0.333. The van der Waals surface area contributed by atoms with Crippen molar-refractivity contribution in [3.63, 3.8) is 0 Å². The number of para-hydroxylation sites is 1. The maximum atomic E-state index is 6.12. The van der Waals surface area contributed by atoms with Crippen LogP contribution in [0.5, 0.6) is 11.5 Å². The summed E-state index contributed by atoms with van der Waals surface area (Å²) in [7, 11) is 0. The van der Waals surface area contributed by atoms with Crippen LogP contribution < -0.4 is 10.1 Å². The van der Waals surface area contributed by atoms with E-state index in [2.05, 4.69) is 32.2 Å². The van der Waals surface area contributed by atoms with Crippen molar-refractivity contribution in [2.45, 2.75) is 39.8 Å². The van der Waals surface area contributed by atoms with Crippen molar-refractivity contribution < 1.29 is 4.74 Å². The zero-order valence-electron chi connectivity index (χ0n) is 12.8. The molecule has 0 aromatic heterocycles. The standard InChI is InChI=1S/C18H22ClNO/c1-4-14-7-5-6-8-17(14)21-18-11-16(19)10-9-15(18)12-20-13(2)3/h5-11,13,20H,4,12H2,1-3H3. The molecule has 0 amide bonds. The molecule has 0 bridgehead atoms.